The molecule has 0 aliphatic carbocycles. The molecule has 22 heavy (non-hydrogen) atoms. The van der Waals surface area contributed by atoms with Gasteiger partial charge in [-0.3, -0.25) is 0 Å². The predicted octanol–water partition coefficient (Wildman–Crippen LogP) is 5.52. The number of rotatable bonds is 3. The molecule has 0 aliphatic heterocycles. The van der Waals surface area contributed by atoms with Gasteiger partial charge < -0.3 is 4.98 Å². The van der Waals surface area contributed by atoms with Gasteiger partial charge in [0.25, 0.3) is 0 Å². The molecule has 0 saturated heterocycles. The SMILES string of the molecule is Cc1ccc(-c2nc(-c3ccc(C)cc3)c(CCl)[nH]2)cc1.Cl. The largest absolute Gasteiger partial charge is 0.340 e. The molecule has 1 N–H and O–H groups in total. The predicted molar refractivity (Wildman–Crippen MR) is 95.7 cm³/mol. The van der Waals surface area contributed by atoms with Gasteiger partial charge in [0.1, 0.15) is 5.82 Å². The maximum atomic E-state index is 6.07. The van der Waals surface area contributed by atoms with E-state index < -0.39 is 0 Å². The van der Waals surface area contributed by atoms with Crippen LogP contribution in [0.15, 0.2) is 48.5 Å². The fourth-order valence-corrected chi connectivity index (χ4v) is 2.50. The van der Waals surface area contributed by atoms with E-state index in [2.05, 4.69) is 67.4 Å². The maximum Gasteiger partial charge on any atom is 0.138 e. The minimum atomic E-state index is 0. The van der Waals surface area contributed by atoms with Crippen molar-refractivity contribution in [1.29, 1.82) is 0 Å². The Balaban J connectivity index is 0.00000176. The molecule has 2 aromatic carbocycles. The van der Waals surface area contributed by atoms with Crippen LogP contribution in [0.1, 0.15) is 16.8 Å². The van der Waals surface area contributed by atoms with Crippen LogP contribution in [0.4, 0.5) is 0 Å². The summed E-state index contributed by atoms with van der Waals surface area (Å²) in [6, 6.07) is 16.7. The lowest BCUT2D eigenvalue weighted by molar-refractivity contribution is 1.22. The number of aromatic nitrogens is 2. The van der Waals surface area contributed by atoms with Gasteiger partial charge in [0.15, 0.2) is 0 Å². The van der Waals surface area contributed by atoms with Crippen LogP contribution < -0.4 is 0 Å². The van der Waals surface area contributed by atoms with Crippen LogP contribution in [-0.2, 0) is 5.88 Å². The van der Waals surface area contributed by atoms with E-state index in [1.165, 1.54) is 11.1 Å². The van der Waals surface area contributed by atoms with Gasteiger partial charge in [0.2, 0.25) is 0 Å². The molecule has 0 spiro atoms. The second-order valence-electron chi connectivity index (χ2n) is 5.28. The van der Waals surface area contributed by atoms with Crippen molar-refractivity contribution in [2.45, 2.75) is 19.7 Å². The fraction of sp³-hybridized carbons (Fsp3) is 0.167. The molecule has 0 atom stereocenters. The van der Waals surface area contributed by atoms with Crippen molar-refractivity contribution in [3.63, 3.8) is 0 Å². The number of aromatic amines is 1. The first-order chi connectivity index (χ1) is 10.2. The smallest absolute Gasteiger partial charge is 0.138 e. The Hall–Kier alpha value is -1.77. The van der Waals surface area contributed by atoms with E-state index in [-0.39, 0.29) is 12.4 Å². The first-order valence-electron chi connectivity index (χ1n) is 6.96. The topological polar surface area (TPSA) is 28.7 Å². The number of alkyl halides is 1. The van der Waals surface area contributed by atoms with Crippen molar-refractivity contribution in [2.24, 2.45) is 0 Å². The van der Waals surface area contributed by atoms with Crippen LogP contribution >= 0.6 is 24.0 Å². The highest BCUT2D eigenvalue weighted by Gasteiger charge is 2.12. The van der Waals surface area contributed by atoms with Gasteiger partial charge in [-0.05, 0) is 13.8 Å². The lowest BCUT2D eigenvalue weighted by Gasteiger charge is -2.00. The zero-order valence-corrected chi connectivity index (χ0v) is 14.1. The van der Waals surface area contributed by atoms with Gasteiger partial charge in [0.05, 0.1) is 17.3 Å². The summed E-state index contributed by atoms with van der Waals surface area (Å²) in [7, 11) is 0. The number of H-pyrrole nitrogens is 1. The van der Waals surface area contributed by atoms with Crippen molar-refractivity contribution >= 4 is 24.0 Å². The molecule has 4 heteroatoms. The van der Waals surface area contributed by atoms with Crippen LogP contribution in [0, 0.1) is 13.8 Å². The molecule has 1 aromatic heterocycles. The third-order valence-electron chi connectivity index (χ3n) is 3.56. The van der Waals surface area contributed by atoms with Crippen molar-refractivity contribution < 1.29 is 0 Å². The Kier molecular flexibility index (Phi) is 5.28. The van der Waals surface area contributed by atoms with Crippen LogP contribution in [0.5, 0.6) is 0 Å². The lowest BCUT2D eigenvalue weighted by Crippen LogP contribution is -1.84. The Labute approximate surface area is 142 Å². The van der Waals surface area contributed by atoms with Crippen LogP contribution in [0.2, 0.25) is 0 Å². The summed E-state index contributed by atoms with van der Waals surface area (Å²) >= 11 is 6.07. The van der Waals surface area contributed by atoms with E-state index >= 15 is 0 Å². The van der Waals surface area contributed by atoms with E-state index in [1.54, 1.807) is 0 Å². The Morgan fingerprint density at radius 1 is 0.864 bits per heavy atom. The van der Waals surface area contributed by atoms with Gasteiger partial charge in [-0.25, -0.2) is 4.98 Å². The van der Waals surface area contributed by atoms with Gasteiger partial charge in [0, 0.05) is 11.1 Å². The van der Waals surface area contributed by atoms with E-state index in [9.17, 15) is 0 Å². The highest BCUT2D eigenvalue weighted by molar-refractivity contribution is 6.17. The number of nitrogens with one attached hydrogen (secondary N) is 1. The summed E-state index contributed by atoms with van der Waals surface area (Å²) < 4.78 is 0. The van der Waals surface area contributed by atoms with Crippen molar-refractivity contribution in [3.05, 3.63) is 65.4 Å². The quantitative estimate of drug-likeness (QED) is 0.628. The zero-order valence-electron chi connectivity index (χ0n) is 12.6. The molecule has 2 nitrogen and oxygen atoms in total. The summed E-state index contributed by atoms with van der Waals surface area (Å²) in [6.45, 7) is 4.16. The number of imidazole rings is 1. The molecule has 0 aliphatic rings. The minimum Gasteiger partial charge on any atom is -0.340 e. The van der Waals surface area contributed by atoms with E-state index in [1.807, 2.05) is 0 Å². The van der Waals surface area contributed by atoms with Gasteiger partial charge in [-0.15, -0.1) is 24.0 Å². The van der Waals surface area contributed by atoms with Crippen LogP contribution in [-0.4, -0.2) is 9.97 Å². The third-order valence-corrected chi connectivity index (χ3v) is 3.83. The summed E-state index contributed by atoms with van der Waals surface area (Å²) in [5.41, 5.74) is 6.52. The molecule has 3 rings (SSSR count). The number of aryl methyl sites for hydroxylation is 2. The highest BCUT2D eigenvalue weighted by atomic mass is 35.5. The molecular weight excluding hydrogens is 315 g/mol. The van der Waals surface area contributed by atoms with Gasteiger partial charge >= 0.3 is 0 Å². The van der Waals surface area contributed by atoms with Crippen molar-refractivity contribution in [1.82, 2.24) is 9.97 Å². The average molecular weight is 333 g/mol. The molecule has 114 valence electrons. The molecule has 0 radical (unpaired) electrons. The second kappa shape index (κ2) is 6.99. The molecule has 0 amide bonds. The number of hydrogen-bond acceptors (Lipinski definition) is 1. The molecule has 0 fully saturated rings. The molecular formula is C18H18Cl2N2. The number of hydrogen-bond donors (Lipinski definition) is 1. The van der Waals surface area contributed by atoms with Gasteiger partial charge in [-0.1, -0.05) is 59.7 Å². The lowest BCUT2D eigenvalue weighted by atomic mass is 10.1. The zero-order chi connectivity index (χ0) is 14.8. The standard InChI is InChI=1S/C18H17ClN2.ClH/c1-12-3-7-14(8-4-12)17-16(11-19)20-18(21-17)15-9-5-13(2)6-10-15;/h3-10H,11H2,1-2H3,(H,20,21);1H. The highest BCUT2D eigenvalue weighted by Crippen LogP contribution is 2.27. The first kappa shape index (κ1) is 16.6. The maximum absolute atomic E-state index is 6.07. The van der Waals surface area contributed by atoms with Crippen LogP contribution in [0.3, 0.4) is 0 Å². The summed E-state index contributed by atoms with van der Waals surface area (Å²) in [5, 5.41) is 0. The molecule has 0 saturated carbocycles. The Bertz CT molecular complexity index is 744. The average Bonchev–Trinajstić information content (AvgIpc) is 2.93. The normalized spacial score (nSPS) is 10.3. The summed E-state index contributed by atoms with van der Waals surface area (Å²) in [6.07, 6.45) is 0. The number of nitrogens with zero attached hydrogens (tertiary/aromatic N) is 1. The third kappa shape index (κ3) is 3.34. The molecule has 0 bridgehead atoms. The number of halogens is 2. The molecule has 1 heterocycles. The number of benzene rings is 2. The molecule has 3 aromatic rings. The van der Waals surface area contributed by atoms with Crippen molar-refractivity contribution in [2.75, 3.05) is 0 Å². The van der Waals surface area contributed by atoms with Crippen LogP contribution in [0.25, 0.3) is 22.6 Å². The van der Waals surface area contributed by atoms with E-state index in [0.717, 1.165) is 28.3 Å². The fourth-order valence-electron chi connectivity index (χ4n) is 2.30. The minimum absolute atomic E-state index is 0. The molecule has 0 unspecified atom stereocenters. The Morgan fingerprint density at radius 3 is 1.86 bits per heavy atom. The Morgan fingerprint density at radius 2 is 1.36 bits per heavy atom. The second-order valence-corrected chi connectivity index (χ2v) is 5.55. The summed E-state index contributed by atoms with van der Waals surface area (Å²) in [4.78, 5) is 8.08. The monoisotopic (exact) mass is 332 g/mol. The van der Waals surface area contributed by atoms with E-state index in [4.69, 9.17) is 16.6 Å². The summed E-state index contributed by atoms with van der Waals surface area (Å²) in [5.74, 6) is 1.28. The van der Waals surface area contributed by atoms with E-state index in [0.29, 0.717) is 5.88 Å². The van der Waals surface area contributed by atoms with Gasteiger partial charge in [-0.2, -0.15) is 0 Å². The first-order valence-corrected chi connectivity index (χ1v) is 7.50. The van der Waals surface area contributed by atoms with Crippen molar-refractivity contribution in [3.8, 4) is 22.6 Å².